The van der Waals surface area contributed by atoms with Crippen LogP contribution in [0.15, 0.2) is 22.7 Å². The van der Waals surface area contributed by atoms with Gasteiger partial charge in [0.15, 0.2) is 0 Å². The third kappa shape index (κ3) is 1.47. The molecule has 0 atom stereocenters. The highest BCUT2D eigenvalue weighted by Gasteiger charge is 2.42. The Morgan fingerprint density at radius 2 is 2.21 bits per heavy atom. The number of methoxy groups -OCH3 is 1. The van der Waals surface area contributed by atoms with Crippen molar-refractivity contribution in [3.63, 3.8) is 0 Å². The van der Waals surface area contributed by atoms with Crippen molar-refractivity contribution >= 4 is 15.9 Å². The van der Waals surface area contributed by atoms with Crippen molar-refractivity contribution in [2.45, 2.75) is 5.60 Å². The lowest BCUT2D eigenvalue weighted by Crippen LogP contribution is -2.48. The molecule has 76 valence electrons. The lowest BCUT2D eigenvalue weighted by atomic mass is 9.91. The largest absolute Gasteiger partial charge is 0.375 e. The molecule has 1 fully saturated rings. The van der Waals surface area contributed by atoms with Crippen molar-refractivity contribution in [1.82, 2.24) is 0 Å². The molecular formula is C10H10BrFO2. The van der Waals surface area contributed by atoms with Crippen LogP contribution in [0, 0.1) is 5.82 Å². The Labute approximate surface area is 90.1 Å². The van der Waals surface area contributed by atoms with Crippen LogP contribution in [0.2, 0.25) is 0 Å². The molecule has 14 heavy (non-hydrogen) atoms. The SMILES string of the molecule is COC1(c2cc(Br)ccc2F)COC1. The van der Waals surface area contributed by atoms with Crippen molar-refractivity contribution in [3.8, 4) is 0 Å². The van der Waals surface area contributed by atoms with Crippen LogP contribution in [0.25, 0.3) is 0 Å². The van der Waals surface area contributed by atoms with Crippen molar-refractivity contribution in [2.24, 2.45) is 0 Å². The van der Waals surface area contributed by atoms with Gasteiger partial charge in [-0.3, -0.25) is 0 Å². The first-order valence-corrected chi connectivity index (χ1v) is 5.06. The number of benzene rings is 1. The predicted octanol–water partition coefficient (Wildman–Crippen LogP) is 2.46. The van der Waals surface area contributed by atoms with Gasteiger partial charge in [-0.05, 0) is 18.2 Å². The fraction of sp³-hybridized carbons (Fsp3) is 0.400. The Morgan fingerprint density at radius 3 is 2.71 bits per heavy atom. The molecule has 1 saturated heterocycles. The Kier molecular flexibility index (Phi) is 2.60. The molecule has 0 unspecified atom stereocenters. The minimum Gasteiger partial charge on any atom is -0.375 e. The standard InChI is InChI=1S/C10H10BrFO2/c1-13-10(5-14-6-10)8-4-7(11)2-3-9(8)12/h2-4H,5-6H2,1H3. The number of rotatable bonds is 2. The summed E-state index contributed by atoms with van der Waals surface area (Å²) in [5.41, 5.74) is -0.0333. The molecule has 1 aliphatic rings. The van der Waals surface area contributed by atoms with Gasteiger partial charge in [0, 0.05) is 17.1 Å². The second-order valence-corrected chi connectivity index (χ2v) is 4.23. The lowest BCUT2D eigenvalue weighted by Gasteiger charge is -2.40. The molecular weight excluding hydrogens is 251 g/mol. The molecule has 0 amide bonds. The molecule has 1 heterocycles. The van der Waals surface area contributed by atoms with E-state index in [-0.39, 0.29) is 5.82 Å². The molecule has 1 aromatic rings. The Balaban J connectivity index is 2.43. The maximum atomic E-state index is 13.5. The molecule has 0 spiro atoms. The average molecular weight is 261 g/mol. The zero-order chi connectivity index (χ0) is 10.2. The van der Waals surface area contributed by atoms with Crippen LogP contribution in [-0.4, -0.2) is 20.3 Å². The highest BCUT2D eigenvalue weighted by atomic mass is 79.9. The van der Waals surface area contributed by atoms with Crippen molar-refractivity contribution in [2.75, 3.05) is 20.3 Å². The number of hydrogen-bond acceptors (Lipinski definition) is 2. The van der Waals surface area contributed by atoms with Gasteiger partial charge in [0.05, 0.1) is 13.2 Å². The molecule has 0 saturated carbocycles. The van der Waals surface area contributed by atoms with E-state index < -0.39 is 5.60 Å². The topological polar surface area (TPSA) is 18.5 Å². The van der Waals surface area contributed by atoms with Crippen molar-refractivity contribution in [1.29, 1.82) is 0 Å². The van der Waals surface area contributed by atoms with Crippen LogP contribution in [0.1, 0.15) is 5.56 Å². The molecule has 2 rings (SSSR count). The summed E-state index contributed by atoms with van der Waals surface area (Å²) in [5, 5.41) is 0. The van der Waals surface area contributed by atoms with E-state index >= 15 is 0 Å². The normalized spacial score (nSPS) is 19.1. The zero-order valence-electron chi connectivity index (χ0n) is 7.72. The van der Waals surface area contributed by atoms with Crippen LogP contribution >= 0.6 is 15.9 Å². The average Bonchev–Trinajstić information content (AvgIpc) is 2.10. The van der Waals surface area contributed by atoms with Gasteiger partial charge in [-0.1, -0.05) is 15.9 Å². The molecule has 0 aliphatic carbocycles. The zero-order valence-corrected chi connectivity index (χ0v) is 9.30. The molecule has 0 aromatic heterocycles. The Bertz CT molecular complexity index is 344. The third-order valence-electron chi connectivity index (χ3n) is 2.48. The lowest BCUT2D eigenvalue weighted by molar-refractivity contribution is -0.204. The minimum atomic E-state index is -0.589. The quantitative estimate of drug-likeness (QED) is 0.814. The van der Waals surface area contributed by atoms with E-state index in [9.17, 15) is 4.39 Å². The van der Waals surface area contributed by atoms with Gasteiger partial charge in [0.1, 0.15) is 11.4 Å². The maximum Gasteiger partial charge on any atom is 0.142 e. The van der Waals surface area contributed by atoms with E-state index in [4.69, 9.17) is 9.47 Å². The minimum absolute atomic E-state index is 0.252. The van der Waals surface area contributed by atoms with Crippen molar-refractivity contribution in [3.05, 3.63) is 34.1 Å². The fourth-order valence-corrected chi connectivity index (χ4v) is 1.88. The van der Waals surface area contributed by atoms with E-state index in [1.54, 1.807) is 19.2 Å². The van der Waals surface area contributed by atoms with Gasteiger partial charge in [0.25, 0.3) is 0 Å². The summed E-state index contributed by atoms with van der Waals surface area (Å²) in [4.78, 5) is 0. The summed E-state index contributed by atoms with van der Waals surface area (Å²) in [6.07, 6.45) is 0. The van der Waals surface area contributed by atoms with E-state index in [0.29, 0.717) is 18.8 Å². The van der Waals surface area contributed by atoms with Gasteiger partial charge in [-0.2, -0.15) is 0 Å². The molecule has 1 aliphatic heterocycles. The first-order valence-electron chi connectivity index (χ1n) is 4.26. The monoisotopic (exact) mass is 260 g/mol. The van der Waals surface area contributed by atoms with Gasteiger partial charge < -0.3 is 9.47 Å². The summed E-state index contributed by atoms with van der Waals surface area (Å²) in [6.45, 7) is 0.827. The number of hydrogen-bond donors (Lipinski definition) is 0. The van der Waals surface area contributed by atoms with Crippen LogP contribution in [0.3, 0.4) is 0 Å². The molecule has 0 radical (unpaired) electrons. The molecule has 0 N–H and O–H groups in total. The third-order valence-corrected chi connectivity index (χ3v) is 2.97. The Morgan fingerprint density at radius 1 is 1.50 bits per heavy atom. The summed E-state index contributed by atoms with van der Waals surface area (Å²) in [6, 6.07) is 4.83. The summed E-state index contributed by atoms with van der Waals surface area (Å²) in [7, 11) is 1.57. The number of ether oxygens (including phenoxy) is 2. The van der Waals surface area contributed by atoms with Crippen LogP contribution in [0.5, 0.6) is 0 Å². The predicted molar refractivity (Wildman–Crippen MR) is 53.6 cm³/mol. The second-order valence-electron chi connectivity index (χ2n) is 3.32. The molecule has 0 bridgehead atoms. The van der Waals surface area contributed by atoms with E-state index in [2.05, 4.69) is 15.9 Å². The van der Waals surface area contributed by atoms with Crippen LogP contribution in [-0.2, 0) is 15.1 Å². The second kappa shape index (κ2) is 3.61. The summed E-state index contributed by atoms with van der Waals surface area (Å²) >= 11 is 3.31. The smallest absolute Gasteiger partial charge is 0.142 e. The Hall–Kier alpha value is -0.450. The molecule has 4 heteroatoms. The van der Waals surface area contributed by atoms with E-state index in [1.807, 2.05) is 0 Å². The summed E-state index contributed by atoms with van der Waals surface area (Å²) < 4.78 is 24.7. The highest BCUT2D eigenvalue weighted by Crippen LogP contribution is 2.35. The van der Waals surface area contributed by atoms with Gasteiger partial charge >= 0.3 is 0 Å². The van der Waals surface area contributed by atoms with Gasteiger partial charge in [0.2, 0.25) is 0 Å². The summed E-state index contributed by atoms with van der Waals surface area (Å²) in [5.74, 6) is -0.252. The highest BCUT2D eigenvalue weighted by molar-refractivity contribution is 9.10. The van der Waals surface area contributed by atoms with E-state index in [1.165, 1.54) is 6.07 Å². The van der Waals surface area contributed by atoms with E-state index in [0.717, 1.165) is 4.47 Å². The molecule has 1 aromatic carbocycles. The van der Waals surface area contributed by atoms with Crippen molar-refractivity contribution < 1.29 is 13.9 Å². The first kappa shape index (κ1) is 10.1. The van der Waals surface area contributed by atoms with Gasteiger partial charge in [-0.25, -0.2) is 4.39 Å². The number of halogens is 2. The fourth-order valence-electron chi connectivity index (χ4n) is 1.52. The maximum absolute atomic E-state index is 13.5. The van der Waals surface area contributed by atoms with Crippen LogP contribution < -0.4 is 0 Å². The van der Waals surface area contributed by atoms with Gasteiger partial charge in [-0.15, -0.1) is 0 Å². The first-order chi connectivity index (χ1) is 6.68. The van der Waals surface area contributed by atoms with Crippen LogP contribution in [0.4, 0.5) is 4.39 Å². The molecule has 2 nitrogen and oxygen atoms in total.